The van der Waals surface area contributed by atoms with Gasteiger partial charge >= 0.3 is 0 Å². The predicted molar refractivity (Wildman–Crippen MR) is 116 cm³/mol. The van der Waals surface area contributed by atoms with Crippen molar-refractivity contribution in [3.8, 4) is 0 Å². The Labute approximate surface area is 173 Å². The molecular formula is C26H44O2. The van der Waals surface area contributed by atoms with Crippen LogP contribution in [0.5, 0.6) is 0 Å². The molecule has 0 bridgehead atoms. The lowest BCUT2D eigenvalue weighted by Crippen LogP contribution is -2.50. The maximum absolute atomic E-state index is 10.4. The van der Waals surface area contributed by atoms with Crippen LogP contribution in [0.15, 0.2) is 11.6 Å². The van der Waals surface area contributed by atoms with Gasteiger partial charge in [0.05, 0.1) is 11.7 Å². The molecule has 3 fully saturated rings. The molecule has 4 rings (SSSR count). The highest BCUT2D eigenvalue weighted by molar-refractivity contribution is 5.25. The van der Waals surface area contributed by atoms with E-state index in [4.69, 9.17) is 0 Å². The molecule has 0 saturated heterocycles. The number of rotatable bonds is 5. The molecular weight excluding hydrogens is 344 g/mol. The topological polar surface area (TPSA) is 40.5 Å². The fourth-order valence-electron chi connectivity index (χ4n) is 8.13. The average Bonchev–Trinajstić information content (AvgIpc) is 2.99. The highest BCUT2D eigenvalue weighted by Crippen LogP contribution is 2.66. The SMILES string of the molecule is CCC(C)(O)CCC[C@H]1CC[C@H]2[C@@H]3CC=C4C[C@@H](O)CC[C@]4(C)[C@H]3CC[C@]12C. The summed E-state index contributed by atoms with van der Waals surface area (Å²) in [5.74, 6) is 3.46. The molecule has 3 saturated carbocycles. The number of allylic oxidation sites excluding steroid dienone is 1. The van der Waals surface area contributed by atoms with Crippen LogP contribution in [-0.4, -0.2) is 21.9 Å². The van der Waals surface area contributed by atoms with Crippen LogP contribution in [0.2, 0.25) is 0 Å². The first-order valence-electron chi connectivity index (χ1n) is 12.3. The summed E-state index contributed by atoms with van der Waals surface area (Å²) >= 11 is 0. The Balaban J connectivity index is 1.46. The van der Waals surface area contributed by atoms with Crippen molar-refractivity contribution in [2.24, 2.45) is 34.5 Å². The van der Waals surface area contributed by atoms with Gasteiger partial charge in [-0.1, -0.05) is 38.8 Å². The van der Waals surface area contributed by atoms with Gasteiger partial charge in [0.25, 0.3) is 0 Å². The Kier molecular flexibility index (Phi) is 5.54. The summed E-state index contributed by atoms with van der Waals surface area (Å²) in [6.07, 6.45) is 16.8. The molecule has 0 heterocycles. The highest BCUT2D eigenvalue weighted by atomic mass is 16.3. The Morgan fingerprint density at radius 3 is 2.64 bits per heavy atom. The molecule has 28 heavy (non-hydrogen) atoms. The molecule has 4 aliphatic rings. The Hall–Kier alpha value is -0.340. The predicted octanol–water partition coefficient (Wildman–Crippen LogP) is 6.26. The monoisotopic (exact) mass is 388 g/mol. The van der Waals surface area contributed by atoms with Crippen LogP contribution < -0.4 is 0 Å². The molecule has 2 N–H and O–H groups in total. The van der Waals surface area contributed by atoms with Gasteiger partial charge in [0.2, 0.25) is 0 Å². The molecule has 160 valence electrons. The smallest absolute Gasteiger partial charge is 0.0617 e. The standard InChI is InChI=1S/C26H44O2/c1-5-24(2,28)14-6-7-18-9-11-22-21-10-8-19-17-20(27)12-15-26(19,4)23(21)13-16-25(18,22)3/h8,18,20-23,27-28H,5-7,9-17H2,1-4H3/t18-,20-,21-,22-,23-,24?,25+,26-/m0/s1. The molecule has 0 aliphatic heterocycles. The van der Waals surface area contributed by atoms with Crippen molar-refractivity contribution >= 4 is 0 Å². The van der Waals surface area contributed by atoms with Crippen LogP contribution in [0, 0.1) is 34.5 Å². The molecule has 0 spiro atoms. The minimum absolute atomic E-state index is 0.0964. The minimum Gasteiger partial charge on any atom is -0.393 e. The van der Waals surface area contributed by atoms with Crippen molar-refractivity contribution in [1.29, 1.82) is 0 Å². The van der Waals surface area contributed by atoms with Gasteiger partial charge in [0.1, 0.15) is 0 Å². The third-order valence-electron chi connectivity index (χ3n) is 10.3. The van der Waals surface area contributed by atoms with E-state index in [0.29, 0.717) is 10.8 Å². The quantitative estimate of drug-likeness (QED) is 0.546. The van der Waals surface area contributed by atoms with Crippen molar-refractivity contribution in [3.63, 3.8) is 0 Å². The zero-order chi connectivity index (χ0) is 20.2. The maximum atomic E-state index is 10.4. The molecule has 8 atom stereocenters. The second-order valence-corrected chi connectivity index (χ2v) is 11.7. The molecule has 0 amide bonds. The van der Waals surface area contributed by atoms with Crippen molar-refractivity contribution in [3.05, 3.63) is 11.6 Å². The summed E-state index contributed by atoms with van der Waals surface area (Å²) in [7, 11) is 0. The second kappa shape index (κ2) is 7.41. The van der Waals surface area contributed by atoms with Gasteiger partial charge in [0, 0.05) is 0 Å². The van der Waals surface area contributed by atoms with E-state index in [1.807, 2.05) is 6.92 Å². The third kappa shape index (κ3) is 3.41. The van der Waals surface area contributed by atoms with E-state index in [-0.39, 0.29) is 6.10 Å². The molecule has 4 aliphatic carbocycles. The van der Waals surface area contributed by atoms with Crippen molar-refractivity contribution in [2.75, 3.05) is 0 Å². The van der Waals surface area contributed by atoms with E-state index >= 15 is 0 Å². The molecule has 0 aromatic rings. The lowest BCUT2D eigenvalue weighted by atomic mass is 9.47. The first-order chi connectivity index (χ1) is 13.2. The van der Waals surface area contributed by atoms with E-state index in [0.717, 1.165) is 49.4 Å². The Morgan fingerprint density at radius 2 is 1.89 bits per heavy atom. The van der Waals surface area contributed by atoms with Crippen LogP contribution in [0.3, 0.4) is 0 Å². The molecule has 1 unspecified atom stereocenters. The van der Waals surface area contributed by atoms with Gasteiger partial charge < -0.3 is 10.2 Å². The van der Waals surface area contributed by atoms with Crippen LogP contribution in [0.4, 0.5) is 0 Å². The van der Waals surface area contributed by atoms with Crippen LogP contribution in [0.25, 0.3) is 0 Å². The van der Waals surface area contributed by atoms with Gasteiger partial charge in [-0.05, 0) is 112 Å². The fourth-order valence-corrected chi connectivity index (χ4v) is 8.13. The summed E-state index contributed by atoms with van der Waals surface area (Å²) < 4.78 is 0. The van der Waals surface area contributed by atoms with Gasteiger partial charge in [-0.25, -0.2) is 0 Å². The van der Waals surface area contributed by atoms with Crippen LogP contribution in [0.1, 0.15) is 105 Å². The largest absolute Gasteiger partial charge is 0.393 e. The fraction of sp³-hybridized carbons (Fsp3) is 0.923. The molecule has 0 radical (unpaired) electrons. The number of hydrogen-bond acceptors (Lipinski definition) is 2. The zero-order valence-electron chi connectivity index (χ0n) is 18.8. The molecule has 0 aromatic heterocycles. The summed E-state index contributed by atoms with van der Waals surface area (Å²) in [5.41, 5.74) is 2.00. The molecule has 0 aromatic carbocycles. The van der Waals surface area contributed by atoms with E-state index in [1.54, 1.807) is 5.57 Å². The average molecular weight is 389 g/mol. The van der Waals surface area contributed by atoms with E-state index in [2.05, 4.69) is 26.8 Å². The lowest BCUT2D eigenvalue weighted by Gasteiger charge is -2.58. The van der Waals surface area contributed by atoms with Crippen molar-refractivity contribution < 1.29 is 10.2 Å². The van der Waals surface area contributed by atoms with Gasteiger partial charge in [0.15, 0.2) is 0 Å². The van der Waals surface area contributed by atoms with Crippen molar-refractivity contribution in [1.82, 2.24) is 0 Å². The number of fused-ring (bicyclic) bond motifs is 5. The second-order valence-electron chi connectivity index (χ2n) is 11.7. The number of hydrogen-bond donors (Lipinski definition) is 2. The van der Waals surface area contributed by atoms with Crippen LogP contribution in [-0.2, 0) is 0 Å². The normalized spacial score (nSPS) is 47.5. The molecule has 2 nitrogen and oxygen atoms in total. The van der Waals surface area contributed by atoms with Gasteiger partial charge in [-0.3, -0.25) is 0 Å². The summed E-state index contributed by atoms with van der Waals surface area (Å²) in [6.45, 7) is 9.26. The van der Waals surface area contributed by atoms with E-state index < -0.39 is 5.60 Å². The first-order valence-corrected chi connectivity index (χ1v) is 12.3. The first kappa shape index (κ1) is 20.9. The Morgan fingerprint density at radius 1 is 1.11 bits per heavy atom. The van der Waals surface area contributed by atoms with E-state index in [9.17, 15) is 10.2 Å². The van der Waals surface area contributed by atoms with Crippen LogP contribution >= 0.6 is 0 Å². The third-order valence-corrected chi connectivity index (χ3v) is 10.3. The summed E-state index contributed by atoms with van der Waals surface area (Å²) in [6, 6.07) is 0. The lowest BCUT2D eigenvalue weighted by molar-refractivity contribution is -0.0516. The van der Waals surface area contributed by atoms with Gasteiger partial charge in [-0.15, -0.1) is 0 Å². The Bertz CT molecular complexity index is 608. The number of aliphatic hydroxyl groups excluding tert-OH is 1. The molecule has 2 heteroatoms. The summed E-state index contributed by atoms with van der Waals surface area (Å²) in [4.78, 5) is 0. The summed E-state index contributed by atoms with van der Waals surface area (Å²) in [5, 5.41) is 20.6. The van der Waals surface area contributed by atoms with Gasteiger partial charge in [-0.2, -0.15) is 0 Å². The number of aliphatic hydroxyl groups is 2. The maximum Gasteiger partial charge on any atom is 0.0617 e. The van der Waals surface area contributed by atoms with E-state index in [1.165, 1.54) is 51.4 Å². The van der Waals surface area contributed by atoms with Crippen molar-refractivity contribution in [2.45, 2.75) is 116 Å². The highest BCUT2D eigenvalue weighted by Gasteiger charge is 2.58. The minimum atomic E-state index is -0.471. The zero-order valence-corrected chi connectivity index (χ0v) is 18.8.